The first-order valence-corrected chi connectivity index (χ1v) is 18.8. The van der Waals surface area contributed by atoms with Gasteiger partial charge in [0.1, 0.15) is 17.6 Å². The number of aromatic nitrogens is 2. The molecule has 2 N–H and O–H groups in total. The van der Waals surface area contributed by atoms with Crippen LogP contribution in [0.2, 0.25) is 0 Å². The normalized spacial score (nSPS) is 17.6. The number of benzene rings is 3. The van der Waals surface area contributed by atoms with Crippen LogP contribution in [0.4, 0.5) is 13.2 Å². The van der Waals surface area contributed by atoms with Crippen LogP contribution in [0.3, 0.4) is 0 Å². The summed E-state index contributed by atoms with van der Waals surface area (Å²) in [5.41, 5.74) is -1.53. The molecule has 1 aliphatic rings. The van der Waals surface area contributed by atoms with E-state index in [9.17, 15) is 46.4 Å². The molecule has 292 valence electrons. The summed E-state index contributed by atoms with van der Waals surface area (Å²) in [4.78, 5) is 60.3. The minimum absolute atomic E-state index is 0.000714. The minimum atomic E-state index is -5.23. The number of hydrogen-bond acceptors (Lipinski definition) is 13. The molecule has 1 aromatic heterocycles. The van der Waals surface area contributed by atoms with E-state index in [2.05, 4.69) is 4.98 Å². The van der Waals surface area contributed by atoms with Gasteiger partial charge in [-0.2, -0.15) is 17.5 Å². The highest BCUT2D eigenvalue weighted by Gasteiger charge is 2.39. The van der Waals surface area contributed by atoms with Crippen molar-refractivity contribution in [1.82, 2.24) is 9.55 Å². The summed E-state index contributed by atoms with van der Waals surface area (Å²) in [6, 6.07) is 14.5. The van der Waals surface area contributed by atoms with Crippen LogP contribution in [0.15, 0.2) is 101 Å². The van der Waals surface area contributed by atoms with Crippen molar-refractivity contribution in [2.75, 3.05) is 6.61 Å². The number of nitrogens with one attached hydrogen (secondary N) is 1. The number of H-pyrrole nitrogens is 1. The third-order valence-corrected chi connectivity index (χ3v) is 10.4. The summed E-state index contributed by atoms with van der Waals surface area (Å²) in [5.74, 6) is -1.28. The lowest BCUT2D eigenvalue weighted by atomic mass is 10.1. The smallest absolute Gasteiger partial charge is 0.427 e. The molecule has 2 heterocycles. The number of nitrogens with zero attached hydrogens (tertiary/aromatic N) is 1. The molecule has 1 aliphatic heterocycles. The van der Waals surface area contributed by atoms with Crippen LogP contribution >= 0.6 is 15.6 Å². The number of carbonyl (C=O) groups is 2. The van der Waals surface area contributed by atoms with Crippen LogP contribution in [0.25, 0.3) is 0 Å². The Hall–Kier alpha value is -4.97. The highest BCUT2D eigenvalue weighted by Crippen LogP contribution is 2.64. The topological polar surface area (TPSA) is 208 Å². The highest BCUT2D eigenvalue weighted by atomic mass is 31.3. The lowest BCUT2D eigenvalue weighted by Gasteiger charge is -2.22. The largest absolute Gasteiger partial charge is 0.484 e. The number of phosphoric ester groups is 2. The lowest BCUT2D eigenvalue weighted by Crippen LogP contribution is -2.33. The molecule has 5 rings (SSSR count). The Morgan fingerprint density at radius 3 is 1.96 bits per heavy atom. The van der Waals surface area contributed by atoms with Crippen LogP contribution in [0.1, 0.15) is 45.8 Å². The first-order valence-electron chi connectivity index (χ1n) is 15.9. The van der Waals surface area contributed by atoms with E-state index in [1.807, 2.05) is 0 Å². The Morgan fingerprint density at radius 2 is 1.42 bits per heavy atom. The van der Waals surface area contributed by atoms with Crippen molar-refractivity contribution in [1.29, 1.82) is 0 Å². The van der Waals surface area contributed by atoms with E-state index in [4.69, 9.17) is 32.1 Å². The van der Waals surface area contributed by atoms with Gasteiger partial charge in [0.15, 0.2) is 6.23 Å². The number of alkyl halides is 3. The maximum atomic E-state index is 13.8. The number of aryl methyl sites for hydroxylation is 1. The number of ether oxygens (including phenoxy) is 3. The molecule has 0 saturated heterocycles. The van der Waals surface area contributed by atoms with Gasteiger partial charge in [-0.1, -0.05) is 30.3 Å². The van der Waals surface area contributed by atoms with Gasteiger partial charge in [0.05, 0.1) is 30.9 Å². The van der Waals surface area contributed by atoms with E-state index in [1.165, 1.54) is 80.7 Å². The molecule has 0 spiro atoms. The molecule has 3 aromatic carbocycles. The fourth-order valence-corrected chi connectivity index (χ4v) is 7.26. The second-order valence-corrected chi connectivity index (χ2v) is 14.9. The molecule has 4 atom stereocenters. The number of halogens is 3. The number of hydrogen-bond donors (Lipinski definition) is 2. The number of carbonyl (C=O) groups excluding carboxylic acids is 2. The summed E-state index contributed by atoms with van der Waals surface area (Å²) < 4.78 is 103. The van der Waals surface area contributed by atoms with Crippen molar-refractivity contribution < 1.29 is 68.9 Å². The summed E-state index contributed by atoms with van der Waals surface area (Å²) in [6.07, 6.45) is -2.41. The van der Waals surface area contributed by atoms with E-state index in [-0.39, 0.29) is 28.2 Å². The van der Waals surface area contributed by atoms with Gasteiger partial charge in [0.25, 0.3) is 5.56 Å². The maximum Gasteiger partial charge on any atom is 0.484 e. The molecule has 0 fully saturated rings. The van der Waals surface area contributed by atoms with Crippen molar-refractivity contribution in [3.63, 3.8) is 0 Å². The van der Waals surface area contributed by atoms with Crippen molar-refractivity contribution >= 4 is 27.6 Å². The van der Waals surface area contributed by atoms with E-state index < -0.39 is 82.7 Å². The van der Waals surface area contributed by atoms with E-state index in [1.54, 1.807) is 0 Å². The molecule has 16 nitrogen and oxygen atoms in total. The Kier molecular flexibility index (Phi) is 12.9. The van der Waals surface area contributed by atoms with Crippen molar-refractivity contribution in [2.24, 2.45) is 0 Å². The van der Waals surface area contributed by atoms with Gasteiger partial charge in [0.2, 0.25) is 0 Å². The van der Waals surface area contributed by atoms with Gasteiger partial charge in [-0.05, 0) is 72.7 Å². The van der Waals surface area contributed by atoms with Crippen molar-refractivity contribution in [3.05, 3.63) is 140 Å². The van der Waals surface area contributed by atoms with E-state index in [0.29, 0.717) is 5.56 Å². The average molecular weight is 811 g/mol. The van der Waals surface area contributed by atoms with Gasteiger partial charge in [-0.15, -0.1) is 0 Å². The molecule has 0 aliphatic carbocycles. The highest BCUT2D eigenvalue weighted by molar-refractivity contribution is 7.61. The molecule has 0 amide bonds. The molecule has 21 heteroatoms. The summed E-state index contributed by atoms with van der Waals surface area (Å²) in [7, 11) is -10.2. The predicted octanol–water partition coefficient (Wildman–Crippen LogP) is 6.14. The van der Waals surface area contributed by atoms with Gasteiger partial charge < -0.3 is 19.1 Å². The van der Waals surface area contributed by atoms with Crippen LogP contribution in [0.5, 0.6) is 11.5 Å². The summed E-state index contributed by atoms with van der Waals surface area (Å²) >= 11 is 0. The molecule has 0 saturated carbocycles. The molecule has 4 aromatic rings. The molecule has 0 bridgehead atoms. The Labute approximate surface area is 309 Å². The number of aromatic amines is 1. The zero-order chi connectivity index (χ0) is 40.0. The molecule has 55 heavy (non-hydrogen) atoms. The van der Waals surface area contributed by atoms with E-state index in [0.717, 1.165) is 28.8 Å². The first kappa shape index (κ1) is 41.2. The number of rotatable bonds is 15. The molecule has 0 radical (unpaired) electrons. The maximum absolute atomic E-state index is 13.8. The Morgan fingerprint density at radius 1 is 0.855 bits per heavy atom. The SMILES string of the molecule is CC(=O)Oc1ccc(COP(=O)(OCc2ccc(OC(=O)c3ccc(C(F)(F)F)cc3)cc2)OP(=O)(O)OC[C@@H]2C=C[C@H](n3cc(C)c(=O)[nH]c3=O)O2)cc1. The third kappa shape index (κ3) is 11.8. The second kappa shape index (κ2) is 17.2. The van der Waals surface area contributed by atoms with Crippen LogP contribution < -0.4 is 20.7 Å². The monoisotopic (exact) mass is 810 g/mol. The van der Waals surface area contributed by atoms with Gasteiger partial charge in [-0.3, -0.25) is 32.7 Å². The van der Waals surface area contributed by atoms with Gasteiger partial charge in [0, 0.05) is 18.7 Å². The van der Waals surface area contributed by atoms with Crippen molar-refractivity contribution in [3.8, 4) is 11.5 Å². The van der Waals surface area contributed by atoms with Gasteiger partial charge >= 0.3 is 39.5 Å². The zero-order valence-electron chi connectivity index (χ0n) is 28.7. The van der Waals surface area contributed by atoms with Crippen LogP contribution in [0, 0.1) is 6.92 Å². The Balaban J connectivity index is 1.22. The predicted molar refractivity (Wildman–Crippen MR) is 184 cm³/mol. The Bertz CT molecular complexity index is 2260. The lowest BCUT2D eigenvalue weighted by molar-refractivity contribution is -0.137. The third-order valence-electron chi connectivity index (χ3n) is 7.38. The minimum Gasteiger partial charge on any atom is -0.427 e. The molecule has 2 unspecified atom stereocenters. The van der Waals surface area contributed by atoms with Gasteiger partial charge in [-0.25, -0.2) is 18.7 Å². The zero-order valence-corrected chi connectivity index (χ0v) is 30.5. The second-order valence-electron chi connectivity index (χ2n) is 11.6. The first-order chi connectivity index (χ1) is 25.9. The number of esters is 2. The average Bonchev–Trinajstić information content (AvgIpc) is 3.60. The summed E-state index contributed by atoms with van der Waals surface area (Å²) in [5, 5.41) is 0. The van der Waals surface area contributed by atoms with Crippen molar-refractivity contribution in [2.45, 2.75) is 45.6 Å². The molecular weight excluding hydrogens is 779 g/mol. The quantitative estimate of drug-likeness (QED) is 0.0599. The molecular formula is C34H31F3N2O14P2. The van der Waals surface area contributed by atoms with E-state index >= 15 is 0 Å². The summed E-state index contributed by atoms with van der Waals surface area (Å²) in [6.45, 7) is 1.04. The van der Waals surface area contributed by atoms with Crippen LogP contribution in [-0.4, -0.2) is 39.1 Å². The fourth-order valence-electron chi connectivity index (χ4n) is 4.66. The standard InChI is InChI=1S/C34H31F3N2O14P2/c1-21-17-39(33(43)38-31(21)41)30-16-15-29(51-30)20-47-54(44,45)53-55(46,48-18-23-3-11-27(12-4-23)50-22(2)40)49-19-24-5-13-28(14-6-24)52-32(42)25-7-9-26(10-8-25)34(35,36)37/h3-17,29-30H,18-20H2,1-2H3,(H,44,45)(H,38,41,43)/t29-,30+,55?/m0/s1. The van der Waals surface area contributed by atoms with Crippen LogP contribution in [-0.2, 0) is 55.9 Å². The fraction of sp³-hybridized carbons (Fsp3) is 0.235. The number of phosphoric acid groups is 2.